The molecular formula is C17H20N2O7. The van der Waals surface area contributed by atoms with Gasteiger partial charge in [0, 0.05) is 25.9 Å². The zero-order valence-corrected chi connectivity index (χ0v) is 14.3. The second kappa shape index (κ2) is 7.40. The van der Waals surface area contributed by atoms with Crippen LogP contribution in [0.4, 0.5) is 0 Å². The third-order valence-corrected chi connectivity index (χ3v) is 4.48. The molecular weight excluding hydrogens is 344 g/mol. The van der Waals surface area contributed by atoms with Crippen LogP contribution in [0.25, 0.3) is 0 Å². The van der Waals surface area contributed by atoms with Gasteiger partial charge in [-0.1, -0.05) is 6.07 Å². The van der Waals surface area contributed by atoms with Gasteiger partial charge in [0.15, 0.2) is 0 Å². The molecule has 2 aliphatic rings. The lowest BCUT2D eigenvalue weighted by molar-refractivity contribution is -0.223. The van der Waals surface area contributed by atoms with Gasteiger partial charge in [0.05, 0.1) is 13.2 Å². The Morgan fingerprint density at radius 2 is 2.19 bits per heavy atom. The molecule has 0 spiro atoms. The van der Waals surface area contributed by atoms with Crippen LogP contribution in [-0.2, 0) is 23.8 Å². The van der Waals surface area contributed by atoms with E-state index in [0.717, 1.165) is 18.7 Å². The van der Waals surface area contributed by atoms with Crippen LogP contribution in [0.1, 0.15) is 18.0 Å². The first-order valence-electron chi connectivity index (χ1n) is 8.07. The van der Waals surface area contributed by atoms with Gasteiger partial charge < -0.3 is 29.3 Å². The molecule has 9 heteroatoms. The highest BCUT2D eigenvalue weighted by Gasteiger charge is 2.44. The summed E-state index contributed by atoms with van der Waals surface area (Å²) < 4.78 is 15.4. The van der Waals surface area contributed by atoms with Crippen molar-refractivity contribution in [1.82, 2.24) is 9.88 Å². The number of aliphatic hydroxyl groups excluding tert-OH is 2. The Labute approximate surface area is 149 Å². The minimum Gasteiger partial charge on any atom is -0.463 e. The third-order valence-electron chi connectivity index (χ3n) is 4.48. The van der Waals surface area contributed by atoms with Gasteiger partial charge >= 0.3 is 5.97 Å². The normalized spacial score (nSPS) is 31.4. The number of hydrogen-bond donors (Lipinski definition) is 2. The van der Waals surface area contributed by atoms with Crippen molar-refractivity contribution in [1.29, 1.82) is 0 Å². The van der Waals surface area contributed by atoms with Crippen LogP contribution >= 0.6 is 0 Å². The van der Waals surface area contributed by atoms with Crippen LogP contribution in [0.2, 0.25) is 0 Å². The van der Waals surface area contributed by atoms with Crippen LogP contribution in [0.15, 0.2) is 36.4 Å². The minimum atomic E-state index is -1.45. The summed E-state index contributed by atoms with van der Waals surface area (Å²) in [6, 6.07) is 3.40. The lowest BCUT2D eigenvalue weighted by Gasteiger charge is -2.32. The number of nitrogens with zero attached hydrogens (tertiary/aromatic N) is 2. The maximum absolute atomic E-state index is 12.5. The van der Waals surface area contributed by atoms with E-state index >= 15 is 0 Å². The van der Waals surface area contributed by atoms with Crippen LogP contribution in [-0.4, -0.2) is 70.7 Å². The lowest BCUT2D eigenvalue weighted by Crippen LogP contribution is -2.46. The quantitative estimate of drug-likeness (QED) is 0.687. The fourth-order valence-electron chi connectivity index (χ4n) is 3.02. The first-order chi connectivity index (χ1) is 12.4. The molecule has 3 rings (SSSR count). The zero-order valence-electron chi connectivity index (χ0n) is 14.3. The molecule has 140 valence electrons. The summed E-state index contributed by atoms with van der Waals surface area (Å²) in [5.74, 6) is -1.39. The van der Waals surface area contributed by atoms with Crippen LogP contribution in [0.3, 0.4) is 0 Å². The maximum Gasteiger partial charge on any atom is 0.373 e. The van der Waals surface area contributed by atoms with Gasteiger partial charge in [-0.05, 0) is 17.7 Å². The Morgan fingerprint density at radius 1 is 1.42 bits per heavy atom. The number of esters is 1. The molecule has 2 N–H and O–H groups in total. The highest BCUT2D eigenvalue weighted by atomic mass is 16.7. The third kappa shape index (κ3) is 3.41. The number of pyridine rings is 1. The van der Waals surface area contributed by atoms with Gasteiger partial charge in [-0.2, -0.15) is 0 Å². The summed E-state index contributed by atoms with van der Waals surface area (Å²) in [4.78, 5) is 29.7. The molecule has 1 fully saturated rings. The molecule has 26 heavy (non-hydrogen) atoms. The summed E-state index contributed by atoms with van der Waals surface area (Å²) in [6.45, 7) is 0. The second-order valence-corrected chi connectivity index (χ2v) is 6.10. The van der Waals surface area contributed by atoms with Crippen LogP contribution in [0.5, 0.6) is 0 Å². The molecule has 1 aromatic heterocycles. The molecule has 0 bridgehead atoms. The summed E-state index contributed by atoms with van der Waals surface area (Å²) in [7, 11) is 2.81. The molecule has 0 aliphatic carbocycles. The smallest absolute Gasteiger partial charge is 0.373 e. The predicted molar refractivity (Wildman–Crippen MR) is 86.2 cm³/mol. The Hall–Kier alpha value is -2.49. The number of amides is 1. The summed E-state index contributed by atoms with van der Waals surface area (Å²) in [6.07, 6.45) is -0.427. The zero-order chi connectivity index (χ0) is 18.8. The molecule has 1 saturated heterocycles. The molecule has 0 saturated carbocycles. The van der Waals surface area contributed by atoms with Crippen molar-refractivity contribution in [2.24, 2.45) is 0 Å². The molecule has 0 unspecified atom stereocenters. The topological polar surface area (TPSA) is 118 Å². The van der Waals surface area contributed by atoms with E-state index in [2.05, 4.69) is 9.72 Å². The van der Waals surface area contributed by atoms with E-state index in [-0.39, 0.29) is 17.7 Å². The van der Waals surface area contributed by atoms with E-state index in [4.69, 9.17) is 9.47 Å². The van der Waals surface area contributed by atoms with Gasteiger partial charge in [-0.3, -0.25) is 9.78 Å². The first kappa shape index (κ1) is 18.3. The van der Waals surface area contributed by atoms with E-state index in [0.29, 0.717) is 6.42 Å². The van der Waals surface area contributed by atoms with Crippen LogP contribution in [0, 0.1) is 0 Å². The van der Waals surface area contributed by atoms with Gasteiger partial charge in [-0.25, -0.2) is 4.79 Å². The number of likely N-dealkylation sites (N-methyl/N-ethyl adjacent to an activating group) is 1. The van der Waals surface area contributed by atoms with Gasteiger partial charge in [0.25, 0.3) is 5.91 Å². The maximum atomic E-state index is 12.5. The van der Waals surface area contributed by atoms with E-state index in [1.165, 1.54) is 4.90 Å². The molecule has 0 radical (unpaired) electrons. The molecule has 5 atom stereocenters. The minimum absolute atomic E-state index is 0.234. The predicted octanol–water partition coefficient (Wildman–Crippen LogP) is -0.495. The Bertz CT molecular complexity index is 708. The highest BCUT2D eigenvalue weighted by molar-refractivity contribution is 5.86. The Morgan fingerprint density at radius 3 is 2.85 bits per heavy atom. The Balaban J connectivity index is 1.73. The number of rotatable bonds is 4. The molecule has 3 heterocycles. The van der Waals surface area contributed by atoms with Crippen molar-refractivity contribution in [3.8, 4) is 0 Å². The lowest BCUT2D eigenvalue weighted by atomic mass is 10.1. The van der Waals surface area contributed by atoms with Crippen molar-refractivity contribution < 1.29 is 34.0 Å². The largest absolute Gasteiger partial charge is 0.463 e. The van der Waals surface area contributed by atoms with E-state index < -0.39 is 30.6 Å². The fraction of sp³-hybridized carbons (Fsp3) is 0.471. The molecule has 0 aromatic carbocycles. The van der Waals surface area contributed by atoms with E-state index in [1.807, 2.05) is 6.07 Å². The average molecular weight is 364 g/mol. The number of aliphatic hydroxyl groups is 2. The molecule has 2 aliphatic heterocycles. The Kier molecular flexibility index (Phi) is 5.21. The number of aromatic nitrogens is 1. The van der Waals surface area contributed by atoms with Gasteiger partial charge in [0.2, 0.25) is 12.0 Å². The number of methoxy groups -OCH3 is 1. The van der Waals surface area contributed by atoms with Crippen molar-refractivity contribution in [3.05, 3.63) is 41.9 Å². The molecule has 1 amide bonds. The van der Waals surface area contributed by atoms with Gasteiger partial charge in [0.1, 0.15) is 18.3 Å². The van der Waals surface area contributed by atoms with E-state index in [1.54, 1.807) is 25.5 Å². The number of carbonyl (C=O) groups excluding carboxylic acids is 2. The monoisotopic (exact) mass is 364 g/mol. The number of likely N-dealkylation sites (tertiary alicyclic amines) is 1. The second-order valence-electron chi connectivity index (χ2n) is 6.10. The van der Waals surface area contributed by atoms with Gasteiger partial charge in [-0.15, -0.1) is 0 Å². The van der Waals surface area contributed by atoms with Crippen molar-refractivity contribution in [3.63, 3.8) is 0 Å². The summed E-state index contributed by atoms with van der Waals surface area (Å²) in [5.41, 5.74) is 0.856. The SMILES string of the molecule is COC(=O)C1=C[C@H](O)[C@@H](O)[C@H](O[C@H]2C[C@H](c3cccnc3)N(C)C2=O)O1. The standard InChI is InChI=1S/C17H20N2O7/c1-19-10(9-4-3-5-18-8-9)6-12(15(19)22)25-17-14(21)11(20)7-13(26-17)16(23)24-2/h3-5,7-8,10-12,14,17,20-21H,6H2,1-2H3/t10-,11+,12+,14-,17-/m1/s1. The number of carbonyl (C=O) groups is 2. The van der Waals surface area contributed by atoms with Crippen molar-refractivity contribution >= 4 is 11.9 Å². The number of hydrogen-bond acceptors (Lipinski definition) is 8. The first-order valence-corrected chi connectivity index (χ1v) is 8.07. The fourth-order valence-corrected chi connectivity index (χ4v) is 3.02. The van der Waals surface area contributed by atoms with Crippen molar-refractivity contribution in [2.45, 2.75) is 37.1 Å². The van der Waals surface area contributed by atoms with E-state index in [9.17, 15) is 19.8 Å². The molecule has 9 nitrogen and oxygen atoms in total. The summed E-state index contributed by atoms with van der Waals surface area (Å²) >= 11 is 0. The highest BCUT2D eigenvalue weighted by Crippen LogP contribution is 2.34. The summed E-state index contributed by atoms with van der Waals surface area (Å²) in [5, 5.41) is 20.0. The van der Waals surface area contributed by atoms with Crippen LogP contribution < -0.4 is 0 Å². The molecule has 1 aromatic rings. The van der Waals surface area contributed by atoms with Crippen molar-refractivity contribution in [2.75, 3.05) is 14.2 Å². The number of ether oxygens (including phenoxy) is 3. The average Bonchev–Trinajstić information content (AvgIpc) is 2.93.